The highest BCUT2D eigenvalue weighted by atomic mass is 19.2. The summed E-state index contributed by atoms with van der Waals surface area (Å²) < 4.78 is 38.9. The molecule has 2 heterocycles. The summed E-state index contributed by atoms with van der Waals surface area (Å²) in [6.07, 6.45) is 5.54. The summed E-state index contributed by atoms with van der Waals surface area (Å²) in [5.74, 6) is -1.53. The van der Waals surface area contributed by atoms with Crippen molar-refractivity contribution >= 4 is 34.2 Å². The van der Waals surface area contributed by atoms with Crippen LogP contribution in [-0.4, -0.2) is 81.4 Å². The van der Waals surface area contributed by atoms with Gasteiger partial charge in [-0.25, -0.2) is 18.7 Å². The maximum atomic E-state index is 13.9. The fourth-order valence-corrected chi connectivity index (χ4v) is 4.97. The lowest BCUT2D eigenvalue weighted by molar-refractivity contribution is -0.115. The zero-order chi connectivity index (χ0) is 31.1. The number of halogens is 2. The maximum Gasteiger partial charge on any atom is 0.230 e. The summed E-state index contributed by atoms with van der Waals surface area (Å²) in [5, 5.41) is 30.5. The largest absolute Gasteiger partial charge is 0.493 e. The van der Waals surface area contributed by atoms with Gasteiger partial charge in [-0.15, -0.1) is 0 Å². The number of nitrogens with one attached hydrogen (secondary N) is 4. The molecule has 0 spiro atoms. The Balaban J connectivity index is 1.21. The van der Waals surface area contributed by atoms with Crippen molar-refractivity contribution in [3.05, 3.63) is 65.7 Å². The SMILES string of the molecule is COc1cc2c(NC(=N)c3cc(CC(=O)Nc4cccc(F)c4F)[nH]n3)ncnc2cc1OCCCN(CCO)C1CCC1. The minimum atomic E-state index is -1.14. The summed E-state index contributed by atoms with van der Waals surface area (Å²) in [6.45, 7) is 2.11. The molecule has 2 aromatic carbocycles. The van der Waals surface area contributed by atoms with Crippen LogP contribution < -0.4 is 20.1 Å². The Hall–Kier alpha value is -4.69. The number of aromatic amines is 1. The number of carbonyl (C=O) groups is 1. The fourth-order valence-electron chi connectivity index (χ4n) is 4.97. The number of benzene rings is 2. The van der Waals surface area contributed by atoms with Gasteiger partial charge in [-0.3, -0.25) is 20.2 Å². The molecule has 1 aliphatic rings. The van der Waals surface area contributed by atoms with Crippen molar-refractivity contribution in [2.45, 2.75) is 38.1 Å². The molecule has 12 nitrogen and oxygen atoms in total. The van der Waals surface area contributed by atoms with E-state index >= 15 is 0 Å². The number of amidine groups is 1. The van der Waals surface area contributed by atoms with Crippen molar-refractivity contribution < 1.29 is 28.2 Å². The van der Waals surface area contributed by atoms with E-state index in [9.17, 15) is 18.7 Å². The van der Waals surface area contributed by atoms with Gasteiger partial charge in [0.05, 0.1) is 37.9 Å². The third-order valence-corrected chi connectivity index (χ3v) is 7.45. The number of aliphatic hydroxyl groups excluding tert-OH is 1. The van der Waals surface area contributed by atoms with Crippen LogP contribution in [0.1, 0.15) is 37.1 Å². The Kier molecular flexibility index (Phi) is 9.92. The Bertz CT molecular complexity index is 1630. The predicted octanol–water partition coefficient (Wildman–Crippen LogP) is 3.87. The van der Waals surface area contributed by atoms with E-state index in [1.54, 1.807) is 12.1 Å². The Morgan fingerprint density at radius 2 is 2.00 bits per heavy atom. The number of H-pyrrole nitrogens is 1. The van der Waals surface area contributed by atoms with Gasteiger partial charge in [0.25, 0.3) is 0 Å². The normalized spacial score (nSPS) is 13.1. The molecule has 0 aliphatic heterocycles. The van der Waals surface area contributed by atoms with Crippen LogP contribution in [0.3, 0.4) is 0 Å². The minimum Gasteiger partial charge on any atom is -0.493 e. The highest BCUT2D eigenvalue weighted by Gasteiger charge is 2.24. The number of nitrogens with zero attached hydrogens (tertiary/aromatic N) is 4. The van der Waals surface area contributed by atoms with Gasteiger partial charge in [0.2, 0.25) is 5.91 Å². The van der Waals surface area contributed by atoms with Crippen LogP contribution in [-0.2, 0) is 11.2 Å². The third-order valence-electron chi connectivity index (χ3n) is 7.45. The summed E-state index contributed by atoms with van der Waals surface area (Å²) in [6, 6.07) is 9.05. The molecule has 5 rings (SSSR count). The number of aromatic nitrogens is 4. The standard InChI is InChI=1S/C30H34F2N8O4/c1-43-25-15-20-23(16-26(25)44-12-4-9-40(10-11-41)19-5-2-6-19)34-17-35-30(20)37-29(33)24-13-18(38-39-24)14-27(42)36-22-8-3-7-21(31)28(22)32/h3,7-8,13,15-17,19,41H,2,4-6,9-12,14H2,1H3,(H,36,42)(H,38,39)(H2,33,34,35,37). The average molecular weight is 609 g/mol. The number of fused-ring (bicyclic) bond motifs is 1. The van der Waals surface area contributed by atoms with Crippen LogP contribution in [0, 0.1) is 17.0 Å². The molecule has 0 unspecified atom stereocenters. The number of carbonyl (C=O) groups excluding carboxylic acids is 1. The summed E-state index contributed by atoms with van der Waals surface area (Å²) >= 11 is 0. The number of amides is 1. The predicted molar refractivity (Wildman–Crippen MR) is 160 cm³/mol. The molecular formula is C30H34F2N8O4. The van der Waals surface area contributed by atoms with E-state index in [0.29, 0.717) is 53.1 Å². The van der Waals surface area contributed by atoms with Gasteiger partial charge in [0.15, 0.2) is 29.0 Å². The molecule has 4 aromatic rings. The van der Waals surface area contributed by atoms with E-state index in [1.165, 1.54) is 50.9 Å². The van der Waals surface area contributed by atoms with Crippen molar-refractivity contribution in [1.29, 1.82) is 5.41 Å². The van der Waals surface area contributed by atoms with Crippen molar-refractivity contribution in [3.8, 4) is 11.5 Å². The lowest BCUT2D eigenvalue weighted by Crippen LogP contribution is -2.42. The number of hydrogen-bond acceptors (Lipinski definition) is 9. The average Bonchev–Trinajstić information content (AvgIpc) is 3.45. The van der Waals surface area contributed by atoms with Crippen molar-refractivity contribution in [2.75, 3.05) is 44.0 Å². The monoisotopic (exact) mass is 608 g/mol. The van der Waals surface area contributed by atoms with E-state index in [0.717, 1.165) is 19.0 Å². The molecule has 1 fully saturated rings. The quantitative estimate of drug-likeness (QED) is 0.0813. The first-order chi connectivity index (χ1) is 21.4. The molecule has 1 aliphatic carbocycles. The second-order valence-electron chi connectivity index (χ2n) is 10.4. The van der Waals surface area contributed by atoms with E-state index in [4.69, 9.17) is 14.9 Å². The lowest BCUT2D eigenvalue weighted by Gasteiger charge is -2.37. The second kappa shape index (κ2) is 14.2. The van der Waals surface area contributed by atoms with Crippen molar-refractivity contribution in [2.24, 2.45) is 0 Å². The molecule has 1 saturated carbocycles. The first-order valence-electron chi connectivity index (χ1n) is 14.3. The van der Waals surface area contributed by atoms with Crippen LogP contribution >= 0.6 is 0 Å². The van der Waals surface area contributed by atoms with Gasteiger partial charge in [0.1, 0.15) is 17.8 Å². The smallest absolute Gasteiger partial charge is 0.230 e. The Labute approximate surface area is 252 Å². The molecule has 14 heteroatoms. The first-order valence-corrected chi connectivity index (χ1v) is 14.3. The van der Waals surface area contributed by atoms with Crippen LogP contribution in [0.2, 0.25) is 0 Å². The fraction of sp³-hybridized carbons (Fsp3) is 0.367. The number of ether oxygens (including phenoxy) is 2. The summed E-state index contributed by atoms with van der Waals surface area (Å²) in [5.41, 5.74) is 0.883. The molecule has 1 amide bonds. The van der Waals surface area contributed by atoms with E-state index in [-0.39, 0.29) is 30.2 Å². The zero-order valence-corrected chi connectivity index (χ0v) is 24.2. The number of anilines is 2. The second-order valence-corrected chi connectivity index (χ2v) is 10.4. The number of hydrogen-bond donors (Lipinski definition) is 5. The number of rotatable bonds is 14. The highest BCUT2D eigenvalue weighted by molar-refractivity contribution is 6.08. The number of aliphatic hydroxyl groups is 1. The molecule has 44 heavy (non-hydrogen) atoms. The van der Waals surface area contributed by atoms with E-state index in [2.05, 4.69) is 35.7 Å². The van der Waals surface area contributed by atoms with Gasteiger partial charge in [-0.1, -0.05) is 12.5 Å². The van der Waals surface area contributed by atoms with Crippen molar-refractivity contribution in [1.82, 2.24) is 25.1 Å². The van der Waals surface area contributed by atoms with E-state index in [1.807, 2.05) is 0 Å². The van der Waals surface area contributed by atoms with Gasteiger partial charge in [0, 0.05) is 36.3 Å². The van der Waals surface area contributed by atoms with Crippen LogP contribution in [0.25, 0.3) is 10.9 Å². The number of methoxy groups -OCH3 is 1. The molecule has 0 radical (unpaired) electrons. The van der Waals surface area contributed by atoms with Gasteiger partial charge in [-0.2, -0.15) is 5.10 Å². The summed E-state index contributed by atoms with van der Waals surface area (Å²) in [7, 11) is 1.54. The van der Waals surface area contributed by atoms with Crippen LogP contribution in [0.15, 0.2) is 42.7 Å². The Morgan fingerprint density at radius 1 is 1.16 bits per heavy atom. The lowest BCUT2D eigenvalue weighted by atomic mass is 9.91. The Morgan fingerprint density at radius 3 is 2.75 bits per heavy atom. The van der Waals surface area contributed by atoms with Crippen LogP contribution in [0.4, 0.5) is 20.3 Å². The molecule has 0 atom stereocenters. The molecular weight excluding hydrogens is 574 g/mol. The van der Waals surface area contributed by atoms with Crippen LogP contribution in [0.5, 0.6) is 11.5 Å². The topological polar surface area (TPSA) is 161 Å². The summed E-state index contributed by atoms with van der Waals surface area (Å²) in [4.78, 5) is 23.3. The maximum absolute atomic E-state index is 13.9. The first kappa shape index (κ1) is 30.8. The highest BCUT2D eigenvalue weighted by Crippen LogP contribution is 2.34. The van der Waals surface area contributed by atoms with Gasteiger partial charge >= 0.3 is 0 Å². The molecule has 0 bridgehead atoms. The minimum absolute atomic E-state index is 0.0951. The molecule has 232 valence electrons. The molecule has 0 saturated heterocycles. The molecule has 2 aromatic heterocycles. The van der Waals surface area contributed by atoms with Gasteiger partial charge in [-0.05, 0) is 43.5 Å². The van der Waals surface area contributed by atoms with Crippen molar-refractivity contribution in [3.63, 3.8) is 0 Å². The zero-order valence-electron chi connectivity index (χ0n) is 24.2. The van der Waals surface area contributed by atoms with Gasteiger partial charge < -0.3 is 25.2 Å². The van der Waals surface area contributed by atoms with E-state index < -0.39 is 17.5 Å². The molecule has 5 N–H and O–H groups in total. The third kappa shape index (κ3) is 7.26.